The molecule has 0 bridgehead atoms. The van der Waals surface area contributed by atoms with Crippen molar-refractivity contribution in [1.82, 2.24) is 0 Å². The van der Waals surface area contributed by atoms with E-state index in [1.807, 2.05) is 18.2 Å². The fraction of sp³-hybridized carbons (Fsp3) is 0.333. The van der Waals surface area contributed by atoms with Gasteiger partial charge >= 0.3 is 0 Å². The summed E-state index contributed by atoms with van der Waals surface area (Å²) in [7, 11) is 0. The van der Waals surface area contributed by atoms with E-state index in [4.69, 9.17) is 6.58 Å². The molecule has 0 saturated carbocycles. The van der Waals surface area contributed by atoms with E-state index < -0.39 is 0 Å². The molecular weight excluding hydrogens is 108 g/mol. The molecular formula is C9H13. The van der Waals surface area contributed by atoms with Gasteiger partial charge in [0.2, 0.25) is 0 Å². The van der Waals surface area contributed by atoms with Gasteiger partial charge in [-0.05, 0) is 6.42 Å². The third-order valence-corrected chi connectivity index (χ3v) is 0.925. The Morgan fingerprint density at radius 2 is 2.00 bits per heavy atom. The molecule has 0 aliphatic carbocycles. The Bertz CT molecular complexity index is 107. The Labute approximate surface area is 57.6 Å². The van der Waals surface area contributed by atoms with Crippen LogP contribution in [-0.4, -0.2) is 0 Å². The van der Waals surface area contributed by atoms with Gasteiger partial charge < -0.3 is 0 Å². The molecule has 0 unspecified atom stereocenters. The summed E-state index contributed by atoms with van der Waals surface area (Å²) in [6.07, 6.45) is 11.7. The predicted octanol–water partition coefficient (Wildman–Crippen LogP) is 2.89. The van der Waals surface area contributed by atoms with Crippen LogP contribution in [0.4, 0.5) is 0 Å². The van der Waals surface area contributed by atoms with Crippen molar-refractivity contribution in [2.75, 3.05) is 0 Å². The summed E-state index contributed by atoms with van der Waals surface area (Å²) in [6, 6.07) is 0. The van der Waals surface area contributed by atoms with Gasteiger partial charge in [0.05, 0.1) is 0 Å². The van der Waals surface area contributed by atoms with Crippen LogP contribution >= 0.6 is 0 Å². The molecule has 0 aromatic rings. The average molecular weight is 121 g/mol. The van der Waals surface area contributed by atoms with Crippen molar-refractivity contribution in [2.24, 2.45) is 0 Å². The van der Waals surface area contributed by atoms with Crippen LogP contribution in [0.15, 0.2) is 30.4 Å². The highest BCUT2D eigenvalue weighted by molar-refractivity contribution is 5.07. The number of allylic oxidation sites excluding steroid dienone is 5. The first-order valence-electron chi connectivity index (χ1n) is 3.28. The zero-order valence-electron chi connectivity index (χ0n) is 5.88. The fourth-order valence-corrected chi connectivity index (χ4v) is 0.470. The van der Waals surface area contributed by atoms with Crippen molar-refractivity contribution in [3.63, 3.8) is 0 Å². The van der Waals surface area contributed by atoms with Gasteiger partial charge in [-0.25, -0.2) is 0 Å². The van der Waals surface area contributed by atoms with E-state index in [1.54, 1.807) is 0 Å². The normalized spacial score (nSPS) is 11.2. The molecule has 0 amide bonds. The average Bonchev–Trinajstić information content (AvgIpc) is 1.89. The predicted molar refractivity (Wildman–Crippen MR) is 42.1 cm³/mol. The first kappa shape index (κ1) is 8.22. The van der Waals surface area contributed by atoms with Crippen LogP contribution < -0.4 is 0 Å². The molecule has 1 radical (unpaired) electrons. The van der Waals surface area contributed by atoms with Gasteiger partial charge in [0.1, 0.15) is 0 Å². The van der Waals surface area contributed by atoms with Crippen LogP contribution in [0.25, 0.3) is 0 Å². The second-order valence-corrected chi connectivity index (χ2v) is 1.79. The summed E-state index contributed by atoms with van der Waals surface area (Å²) in [6.45, 7) is 7.25. The van der Waals surface area contributed by atoms with Gasteiger partial charge in [-0.2, -0.15) is 0 Å². The Morgan fingerprint density at radius 1 is 1.22 bits per heavy atom. The highest BCUT2D eigenvalue weighted by Gasteiger charge is 1.67. The molecule has 0 aromatic carbocycles. The van der Waals surface area contributed by atoms with E-state index >= 15 is 0 Å². The third kappa shape index (κ3) is 7.22. The van der Waals surface area contributed by atoms with Crippen LogP contribution in [0.3, 0.4) is 0 Å². The van der Waals surface area contributed by atoms with Gasteiger partial charge in [-0.3, -0.25) is 0 Å². The maximum atomic E-state index is 5.10. The Kier molecular flexibility index (Phi) is 6.59. The molecule has 0 rings (SSSR count). The SMILES string of the molecule is [CH]=C/C=C/C=C/CCC. The summed E-state index contributed by atoms with van der Waals surface area (Å²) in [5, 5.41) is 0. The van der Waals surface area contributed by atoms with E-state index in [2.05, 4.69) is 13.0 Å². The molecule has 0 saturated heterocycles. The van der Waals surface area contributed by atoms with Crippen molar-refractivity contribution < 1.29 is 0 Å². The smallest absolute Gasteiger partial charge is 0.0350 e. The van der Waals surface area contributed by atoms with Crippen molar-refractivity contribution >= 4 is 0 Å². The number of hydrogen-bond acceptors (Lipinski definition) is 0. The first-order chi connectivity index (χ1) is 4.41. The molecule has 0 aliphatic rings. The quantitative estimate of drug-likeness (QED) is 0.502. The lowest BCUT2D eigenvalue weighted by Crippen LogP contribution is -1.57. The molecule has 49 valence electrons. The van der Waals surface area contributed by atoms with Crippen molar-refractivity contribution in [3.05, 3.63) is 37.0 Å². The summed E-state index contributed by atoms with van der Waals surface area (Å²) in [5.41, 5.74) is 0. The maximum absolute atomic E-state index is 5.10. The molecule has 0 heterocycles. The van der Waals surface area contributed by atoms with Crippen molar-refractivity contribution in [1.29, 1.82) is 0 Å². The second-order valence-electron chi connectivity index (χ2n) is 1.79. The molecule has 0 atom stereocenters. The van der Waals surface area contributed by atoms with Gasteiger partial charge in [-0.1, -0.05) is 50.3 Å². The topological polar surface area (TPSA) is 0 Å². The Balaban J connectivity index is 3.23. The zero-order chi connectivity index (χ0) is 6.95. The lowest BCUT2D eigenvalue weighted by molar-refractivity contribution is 0.959. The van der Waals surface area contributed by atoms with Gasteiger partial charge in [0.25, 0.3) is 0 Å². The molecule has 0 N–H and O–H groups in total. The first-order valence-corrected chi connectivity index (χ1v) is 3.28. The van der Waals surface area contributed by atoms with E-state index in [0.29, 0.717) is 0 Å². The zero-order valence-corrected chi connectivity index (χ0v) is 5.88. The number of rotatable bonds is 4. The molecule has 0 heteroatoms. The molecule has 0 fully saturated rings. The summed E-state index contributed by atoms with van der Waals surface area (Å²) in [5.74, 6) is 0. The van der Waals surface area contributed by atoms with E-state index in [-0.39, 0.29) is 0 Å². The Hall–Kier alpha value is -0.780. The number of hydrogen-bond donors (Lipinski definition) is 0. The van der Waals surface area contributed by atoms with Gasteiger partial charge in [0.15, 0.2) is 0 Å². The summed E-state index contributed by atoms with van der Waals surface area (Å²) >= 11 is 0. The van der Waals surface area contributed by atoms with Gasteiger partial charge in [-0.15, -0.1) is 0 Å². The lowest BCUT2D eigenvalue weighted by atomic mass is 10.3. The molecule has 0 nitrogen and oxygen atoms in total. The largest absolute Gasteiger partial charge is 0.0845 e. The minimum Gasteiger partial charge on any atom is -0.0845 e. The van der Waals surface area contributed by atoms with Crippen LogP contribution in [0.2, 0.25) is 0 Å². The molecule has 9 heavy (non-hydrogen) atoms. The second kappa shape index (κ2) is 7.22. The molecule has 0 aromatic heterocycles. The van der Waals surface area contributed by atoms with Crippen LogP contribution in [0, 0.1) is 6.58 Å². The molecule has 0 aliphatic heterocycles. The van der Waals surface area contributed by atoms with Gasteiger partial charge in [0, 0.05) is 0 Å². The van der Waals surface area contributed by atoms with Crippen molar-refractivity contribution in [2.45, 2.75) is 19.8 Å². The summed E-state index contributed by atoms with van der Waals surface area (Å²) in [4.78, 5) is 0. The Morgan fingerprint density at radius 3 is 2.56 bits per heavy atom. The van der Waals surface area contributed by atoms with Crippen LogP contribution in [-0.2, 0) is 0 Å². The van der Waals surface area contributed by atoms with E-state index in [9.17, 15) is 0 Å². The van der Waals surface area contributed by atoms with Crippen molar-refractivity contribution in [3.8, 4) is 0 Å². The minimum atomic E-state index is 1.15. The summed E-state index contributed by atoms with van der Waals surface area (Å²) < 4.78 is 0. The highest BCUT2D eigenvalue weighted by atomic mass is 13.7. The standard InChI is InChI=1S/C9H13/c1-3-5-7-9-8-6-4-2/h1,3,5,7-9H,4,6H2,2H3/b3-1?,7-5+,9-8+. The van der Waals surface area contributed by atoms with Crippen LogP contribution in [0.5, 0.6) is 0 Å². The monoisotopic (exact) mass is 121 g/mol. The van der Waals surface area contributed by atoms with E-state index in [1.165, 1.54) is 12.5 Å². The van der Waals surface area contributed by atoms with E-state index in [0.717, 1.165) is 6.42 Å². The van der Waals surface area contributed by atoms with Crippen LogP contribution in [0.1, 0.15) is 19.8 Å². The lowest BCUT2D eigenvalue weighted by Gasteiger charge is -1.78. The minimum absolute atomic E-state index is 1.15. The maximum Gasteiger partial charge on any atom is -0.0350 e. The molecule has 0 spiro atoms. The highest BCUT2D eigenvalue weighted by Crippen LogP contribution is 1.88. The fourth-order valence-electron chi connectivity index (χ4n) is 0.470. The third-order valence-electron chi connectivity index (χ3n) is 0.925. The number of unbranched alkanes of at least 4 members (excludes halogenated alkanes) is 1.